The van der Waals surface area contributed by atoms with Crippen LogP contribution in [0.1, 0.15) is 18.7 Å². The molecule has 1 fully saturated rings. The van der Waals surface area contributed by atoms with Crippen LogP contribution >= 0.6 is 0 Å². The highest BCUT2D eigenvalue weighted by Gasteiger charge is 2.43. The molecule has 1 aliphatic rings. The first-order valence-electron chi connectivity index (χ1n) is 3.67. The maximum Gasteiger partial charge on any atom is 0.126 e. The van der Waals surface area contributed by atoms with Gasteiger partial charge in [-0.1, -0.05) is 0 Å². The molecule has 0 spiro atoms. The number of nitrogens with one attached hydrogen (secondary N) is 1. The average molecular weight is 153 g/mol. The normalized spacial score (nSPS) is 36.7. The van der Waals surface area contributed by atoms with Crippen LogP contribution in [0.25, 0.3) is 0 Å². The van der Waals surface area contributed by atoms with Gasteiger partial charge in [-0.05, 0) is 12.8 Å². The van der Waals surface area contributed by atoms with E-state index in [1.807, 2.05) is 0 Å². The molecular weight excluding hydrogens is 142 g/mol. The number of H-pyrrole nitrogens is 1. The molecule has 0 bridgehead atoms. The molecule has 0 unspecified atom stereocenters. The summed E-state index contributed by atoms with van der Waals surface area (Å²) in [6, 6.07) is 0. The van der Waals surface area contributed by atoms with Crippen LogP contribution in [0.5, 0.6) is 0 Å². The van der Waals surface area contributed by atoms with Crippen molar-refractivity contribution in [3.8, 4) is 0 Å². The Labute approximate surface area is 64.4 Å². The topological polar surface area (TPSA) is 74.9 Å². The van der Waals surface area contributed by atoms with Crippen LogP contribution in [0.3, 0.4) is 0 Å². The van der Waals surface area contributed by atoms with Crippen LogP contribution in [0.4, 0.5) is 0 Å². The highest BCUT2D eigenvalue weighted by Crippen LogP contribution is 2.36. The van der Waals surface area contributed by atoms with E-state index in [-0.39, 0.29) is 6.10 Å². The molecule has 1 heterocycles. The van der Waals surface area contributed by atoms with Crippen LogP contribution in [-0.2, 0) is 5.54 Å². The number of imidazole rings is 1. The second-order valence-electron chi connectivity index (χ2n) is 3.16. The fourth-order valence-corrected chi connectivity index (χ4v) is 1.51. The molecule has 0 radical (unpaired) electrons. The third-order valence-electron chi connectivity index (χ3n) is 2.17. The fourth-order valence-electron chi connectivity index (χ4n) is 1.51. The quantitative estimate of drug-likeness (QED) is 0.519. The maximum absolute atomic E-state index is 9.06. The minimum atomic E-state index is -0.400. The van der Waals surface area contributed by atoms with E-state index in [0.717, 1.165) is 5.82 Å². The number of hydrogen-bond donors (Lipinski definition) is 3. The van der Waals surface area contributed by atoms with Crippen molar-refractivity contribution >= 4 is 0 Å². The van der Waals surface area contributed by atoms with E-state index >= 15 is 0 Å². The lowest BCUT2D eigenvalue weighted by Gasteiger charge is -2.40. The van der Waals surface area contributed by atoms with Crippen LogP contribution in [0.2, 0.25) is 0 Å². The van der Waals surface area contributed by atoms with Crippen molar-refractivity contribution in [3.05, 3.63) is 18.2 Å². The van der Waals surface area contributed by atoms with E-state index in [9.17, 15) is 0 Å². The molecule has 11 heavy (non-hydrogen) atoms. The maximum atomic E-state index is 9.06. The van der Waals surface area contributed by atoms with Crippen LogP contribution in [0, 0.1) is 0 Å². The zero-order valence-corrected chi connectivity index (χ0v) is 6.12. The van der Waals surface area contributed by atoms with Crippen molar-refractivity contribution in [1.82, 2.24) is 9.97 Å². The largest absolute Gasteiger partial charge is 0.393 e. The molecule has 4 heteroatoms. The Morgan fingerprint density at radius 1 is 1.73 bits per heavy atom. The second kappa shape index (κ2) is 2.06. The number of rotatable bonds is 1. The zero-order valence-electron chi connectivity index (χ0n) is 6.12. The number of aliphatic hydroxyl groups excluding tert-OH is 1. The summed E-state index contributed by atoms with van der Waals surface area (Å²) < 4.78 is 0. The monoisotopic (exact) mass is 153 g/mol. The third-order valence-corrected chi connectivity index (χ3v) is 2.17. The molecule has 60 valence electrons. The van der Waals surface area contributed by atoms with E-state index in [0.29, 0.717) is 12.8 Å². The second-order valence-corrected chi connectivity index (χ2v) is 3.16. The summed E-state index contributed by atoms with van der Waals surface area (Å²) in [6.07, 6.45) is 4.40. The highest BCUT2D eigenvalue weighted by molar-refractivity contribution is 5.12. The van der Waals surface area contributed by atoms with Crippen molar-refractivity contribution in [1.29, 1.82) is 0 Å². The van der Waals surface area contributed by atoms with Crippen molar-refractivity contribution in [2.75, 3.05) is 0 Å². The lowest BCUT2D eigenvalue weighted by Crippen LogP contribution is -2.52. The Kier molecular flexibility index (Phi) is 1.27. The number of hydrogen-bond acceptors (Lipinski definition) is 3. The third kappa shape index (κ3) is 0.948. The summed E-state index contributed by atoms with van der Waals surface area (Å²) in [4.78, 5) is 7.01. The van der Waals surface area contributed by atoms with Gasteiger partial charge in [0.2, 0.25) is 0 Å². The van der Waals surface area contributed by atoms with Gasteiger partial charge >= 0.3 is 0 Å². The Morgan fingerprint density at radius 2 is 2.45 bits per heavy atom. The van der Waals surface area contributed by atoms with E-state index < -0.39 is 5.54 Å². The standard InChI is InChI=1S/C7H11N3O/c8-7(3-5(11)4-7)6-9-1-2-10-6/h1-2,5,11H,3-4,8H2,(H,9,10). The molecule has 1 saturated carbocycles. The molecule has 4 nitrogen and oxygen atoms in total. The summed E-state index contributed by atoms with van der Waals surface area (Å²) >= 11 is 0. The Morgan fingerprint density at radius 3 is 2.91 bits per heavy atom. The van der Waals surface area contributed by atoms with E-state index in [1.54, 1.807) is 12.4 Å². The predicted octanol–water partition coefficient (Wildman–Crippen LogP) is -0.282. The zero-order chi connectivity index (χ0) is 7.90. The number of aromatic amines is 1. The average Bonchev–Trinajstić information content (AvgIpc) is 2.34. The Bertz CT molecular complexity index is 238. The van der Waals surface area contributed by atoms with Gasteiger partial charge in [0.15, 0.2) is 0 Å². The Balaban J connectivity index is 2.18. The first-order valence-corrected chi connectivity index (χ1v) is 3.67. The van der Waals surface area contributed by atoms with Crippen molar-refractivity contribution in [2.45, 2.75) is 24.5 Å². The van der Waals surface area contributed by atoms with Crippen molar-refractivity contribution < 1.29 is 5.11 Å². The molecule has 4 N–H and O–H groups in total. The highest BCUT2D eigenvalue weighted by atomic mass is 16.3. The van der Waals surface area contributed by atoms with Gasteiger partial charge in [-0.15, -0.1) is 0 Å². The van der Waals surface area contributed by atoms with Gasteiger partial charge < -0.3 is 15.8 Å². The minimum absolute atomic E-state index is 0.245. The molecular formula is C7H11N3O. The van der Waals surface area contributed by atoms with Gasteiger partial charge in [0, 0.05) is 12.4 Å². The SMILES string of the molecule is NC1(c2ncc[nH]2)CC(O)C1. The molecule has 0 atom stereocenters. The van der Waals surface area contributed by atoms with E-state index in [1.165, 1.54) is 0 Å². The number of aliphatic hydroxyl groups is 1. The minimum Gasteiger partial charge on any atom is -0.393 e. The van der Waals surface area contributed by atoms with Crippen LogP contribution in [-0.4, -0.2) is 21.2 Å². The summed E-state index contributed by atoms with van der Waals surface area (Å²) in [5.74, 6) is 0.780. The summed E-state index contributed by atoms with van der Waals surface area (Å²) in [6.45, 7) is 0. The van der Waals surface area contributed by atoms with E-state index in [4.69, 9.17) is 10.8 Å². The molecule has 0 saturated heterocycles. The fraction of sp³-hybridized carbons (Fsp3) is 0.571. The molecule has 1 aliphatic carbocycles. The molecule has 0 aromatic carbocycles. The van der Waals surface area contributed by atoms with Crippen LogP contribution < -0.4 is 5.73 Å². The van der Waals surface area contributed by atoms with Gasteiger partial charge in [-0.2, -0.15) is 0 Å². The smallest absolute Gasteiger partial charge is 0.126 e. The van der Waals surface area contributed by atoms with Crippen molar-refractivity contribution in [2.24, 2.45) is 5.73 Å². The lowest BCUT2D eigenvalue weighted by atomic mass is 9.74. The van der Waals surface area contributed by atoms with Gasteiger partial charge in [-0.25, -0.2) is 4.98 Å². The first-order chi connectivity index (χ1) is 5.21. The number of nitrogens with two attached hydrogens (primary N) is 1. The summed E-state index contributed by atoms with van der Waals surface area (Å²) in [7, 11) is 0. The first kappa shape index (κ1) is 6.82. The summed E-state index contributed by atoms with van der Waals surface area (Å²) in [5, 5.41) is 9.06. The molecule has 0 aliphatic heterocycles. The van der Waals surface area contributed by atoms with Gasteiger partial charge in [0.1, 0.15) is 5.82 Å². The molecule has 1 aromatic rings. The molecule has 0 amide bonds. The van der Waals surface area contributed by atoms with Gasteiger partial charge in [0.25, 0.3) is 0 Å². The lowest BCUT2D eigenvalue weighted by molar-refractivity contribution is 0.0169. The molecule has 2 rings (SSSR count). The van der Waals surface area contributed by atoms with Gasteiger partial charge in [0.05, 0.1) is 11.6 Å². The number of nitrogens with zero attached hydrogens (tertiary/aromatic N) is 1. The van der Waals surface area contributed by atoms with E-state index in [2.05, 4.69) is 9.97 Å². The molecule has 1 aromatic heterocycles. The van der Waals surface area contributed by atoms with Crippen LogP contribution in [0.15, 0.2) is 12.4 Å². The number of aromatic nitrogens is 2. The summed E-state index contributed by atoms with van der Waals surface area (Å²) in [5.41, 5.74) is 5.51. The van der Waals surface area contributed by atoms with Crippen molar-refractivity contribution in [3.63, 3.8) is 0 Å². The Hall–Kier alpha value is -0.870. The van der Waals surface area contributed by atoms with Gasteiger partial charge in [-0.3, -0.25) is 0 Å². The predicted molar refractivity (Wildman–Crippen MR) is 39.7 cm³/mol.